The van der Waals surface area contributed by atoms with Gasteiger partial charge in [-0.3, -0.25) is 9.69 Å². The Hall–Kier alpha value is -4.10. The molecule has 12 nitrogen and oxygen atoms in total. The average Bonchev–Trinajstić information content (AvgIpc) is 3.06. The molecule has 0 spiro atoms. The van der Waals surface area contributed by atoms with Crippen LogP contribution in [0.3, 0.4) is 0 Å². The maximum Gasteiger partial charge on any atom is 0.325 e. The molecular formula is C32H40N6O6. The molecule has 0 radical (unpaired) electrons. The Labute approximate surface area is 257 Å². The van der Waals surface area contributed by atoms with E-state index in [-0.39, 0.29) is 37.9 Å². The standard InChI is InChI=1S/C32H40N6O6/c1-3-42-28(40)19-35-32(41)36-26-11-9-25(10-12-26)30-43-27(22(2)29(44-30)24-7-5-23(21-39)6-8-24)20-37-15-17-38(18-16-37)31-33-13-4-14-34-31/h4-14,22,27,29-30,39H,3,15-21H2,1-2H3,(H2,35,36,41)/t22-,27+,29+,30+/m0/s1. The predicted molar refractivity (Wildman–Crippen MR) is 164 cm³/mol. The highest BCUT2D eigenvalue weighted by molar-refractivity contribution is 5.91. The molecule has 12 heteroatoms. The smallest absolute Gasteiger partial charge is 0.325 e. The van der Waals surface area contributed by atoms with Gasteiger partial charge in [0.15, 0.2) is 6.29 Å². The van der Waals surface area contributed by atoms with E-state index in [1.807, 2.05) is 42.5 Å². The number of urea groups is 1. The maximum atomic E-state index is 12.2. The molecule has 2 aromatic carbocycles. The molecule has 2 fully saturated rings. The number of aromatic nitrogens is 2. The van der Waals surface area contributed by atoms with E-state index in [9.17, 15) is 14.7 Å². The number of anilines is 2. The molecule has 0 bridgehead atoms. The Morgan fingerprint density at radius 2 is 1.66 bits per heavy atom. The summed E-state index contributed by atoms with van der Waals surface area (Å²) in [4.78, 5) is 37.1. The number of carbonyl (C=O) groups is 2. The molecule has 3 aromatic rings. The van der Waals surface area contributed by atoms with Crippen molar-refractivity contribution < 1.29 is 28.9 Å². The lowest BCUT2D eigenvalue weighted by molar-refractivity contribution is -0.276. The lowest BCUT2D eigenvalue weighted by atomic mass is 9.90. The Balaban J connectivity index is 1.26. The van der Waals surface area contributed by atoms with Gasteiger partial charge in [0.2, 0.25) is 5.95 Å². The summed E-state index contributed by atoms with van der Waals surface area (Å²) in [7, 11) is 0. The van der Waals surface area contributed by atoms with Gasteiger partial charge in [0, 0.05) is 62.3 Å². The van der Waals surface area contributed by atoms with E-state index in [1.165, 1.54) is 0 Å². The summed E-state index contributed by atoms with van der Waals surface area (Å²) < 4.78 is 18.0. The normalized spacial score (nSPS) is 22.3. The van der Waals surface area contributed by atoms with Crippen LogP contribution in [0.2, 0.25) is 0 Å². The number of esters is 1. The molecule has 2 saturated heterocycles. The third-order valence-electron chi connectivity index (χ3n) is 7.91. The van der Waals surface area contributed by atoms with Crippen LogP contribution >= 0.6 is 0 Å². The SMILES string of the molecule is CCOC(=O)CNC(=O)Nc1ccc([C@@H]2O[C@H](CN3CCN(c4ncccn4)CC3)[C@H](C)[C@H](c3ccc(CO)cc3)O2)cc1. The molecule has 0 saturated carbocycles. The summed E-state index contributed by atoms with van der Waals surface area (Å²) in [5, 5.41) is 14.7. The van der Waals surface area contributed by atoms with E-state index in [2.05, 4.69) is 37.3 Å². The van der Waals surface area contributed by atoms with Crippen molar-refractivity contribution in [2.45, 2.75) is 39.0 Å². The monoisotopic (exact) mass is 604 g/mol. The van der Waals surface area contributed by atoms with Gasteiger partial charge < -0.3 is 34.9 Å². The molecule has 4 atom stereocenters. The lowest BCUT2D eigenvalue weighted by Crippen LogP contribution is -2.51. The average molecular weight is 605 g/mol. The van der Waals surface area contributed by atoms with Crippen LogP contribution in [0.1, 0.15) is 42.9 Å². The fourth-order valence-electron chi connectivity index (χ4n) is 5.43. The van der Waals surface area contributed by atoms with Crippen molar-refractivity contribution in [3.05, 3.63) is 83.7 Å². The van der Waals surface area contributed by atoms with Crippen molar-refractivity contribution in [2.24, 2.45) is 5.92 Å². The van der Waals surface area contributed by atoms with Crippen molar-refractivity contribution in [1.82, 2.24) is 20.2 Å². The van der Waals surface area contributed by atoms with Gasteiger partial charge in [0.1, 0.15) is 6.54 Å². The molecule has 2 aliphatic rings. The van der Waals surface area contributed by atoms with Gasteiger partial charge in [-0.15, -0.1) is 0 Å². The molecule has 0 aliphatic carbocycles. The van der Waals surface area contributed by atoms with Gasteiger partial charge in [-0.1, -0.05) is 43.3 Å². The second kappa shape index (κ2) is 15.1. The number of nitrogens with zero attached hydrogens (tertiary/aromatic N) is 4. The number of rotatable bonds is 10. The molecule has 0 unspecified atom stereocenters. The van der Waals surface area contributed by atoms with Gasteiger partial charge >= 0.3 is 12.0 Å². The largest absolute Gasteiger partial charge is 0.465 e. The minimum Gasteiger partial charge on any atom is -0.465 e. The first kappa shape index (κ1) is 31.3. The maximum absolute atomic E-state index is 12.2. The van der Waals surface area contributed by atoms with Gasteiger partial charge in [-0.25, -0.2) is 14.8 Å². The van der Waals surface area contributed by atoms with Gasteiger partial charge in [-0.05, 0) is 36.2 Å². The fraction of sp³-hybridized carbons (Fsp3) is 0.438. The predicted octanol–water partition coefficient (Wildman–Crippen LogP) is 3.27. The highest BCUT2D eigenvalue weighted by Crippen LogP contribution is 2.42. The second-order valence-corrected chi connectivity index (χ2v) is 10.9. The molecule has 3 N–H and O–H groups in total. The molecule has 234 valence electrons. The van der Waals surface area contributed by atoms with Crippen LogP contribution in [0.5, 0.6) is 0 Å². The first-order valence-corrected chi connectivity index (χ1v) is 15.0. The van der Waals surface area contributed by atoms with Crippen molar-refractivity contribution in [3.8, 4) is 0 Å². The summed E-state index contributed by atoms with van der Waals surface area (Å²) in [6, 6.07) is 16.4. The molecule has 44 heavy (non-hydrogen) atoms. The first-order chi connectivity index (χ1) is 21.4. The first-order valence-electron chi connectivity index (χ1n) is 15.0. The quantitative estimate of drug-likeness (QED) is 0.296. The van der Waals surface area contributed by atoms with Crippen LogP contribution in [0.4, 0.5) is 16.4 Å². The van der Waals surface area contributed by atoms with Crippen LogP contribution in [0, 0.1) is 5.92 Å². The number of hydrogen-bond acceptors (Lipinski definition) is 10. The number of hydrogen-bond donors (Lipinski definition) is 3. The van der Waals surface area contributed by atoms with Crippen molar-refractivity contribution >= 4 is 23.6 Å². The zero-order chi connectivity index (χ0) is 30.9. The van der Waals surface area contributed by atoms with Crippen LogP contribution in [0.25, 0.3) is 0 Å². The van der Waals surface area contributed by atoms with E-state index in [1.54, 1.807) is 31.5 Å². The topological polar surface area (TPSA) is 138 Å². The van der Waals surface area contributed by atoms with E-state index < -0.39 is 18.3 Å². The van der Waals surface area contributed by atoms with E-state index in [0.29, 0.717) is 5.69 Å². The molecule has 1 aromatic heterocycles. The fourth-order valence-corrected chi connectivity index (χ4v) is 5.43. The Bertz CT molecular complexity index is 1350. The highest BCUT2D eigenvalue weighted by atomic mass is 16.7. The summed E-state index contributed by atoms with van der Waals surface area (Å²) in [5.41, 5.74) is 3.25. The van der Waals surface area contributed by atoms with Crippen molar-refractivity contribution in [1.29, 1.82) is 0 Å². The van der Waals surface area contributed by atoms with E-state index in [0.717, 1.165) is 55.4 Å². The molecule has 5 rings (SSSR count). The van der Waals surface area contributed by atoms with Crippen molar-refractivity contribution in [3.63, 3.8) is 0 Å². The lowest BCUT2D eigenvalue weighted by Gasteiger charge is -2.44. The van der Waals surface area contributed by atoms with Crippen LogP contribution in [-0.4, -0.2) is 84.0 Å². The number of aliphatic hydroxyl groups excluding tert-OH is 1. The number of amides is 2. The molecule has 2 amide bonds. The van der Waals surface area contributed by atoms with Crippen LogP contribution in [0.15, 0.2) is 67.0 Å². The zero-order valence-corrected chi connectivity index (χ0v) is 25.1. The minimum absolute atomic E-state index is 0.0169. The Morgan fingerprint density at radius 3 is 2.32 bits per heavy atom. The Morgan fingerprint density at radius 1 is 0.977 bits per heavy atom. The molecular weight excluding hydrogens is 564 g/mol. The van der Waals surface area contributed by atoms with Gasteiger partial charge in [-0.2, -0.15) is 0 Å². The number of benzene rings is 2. The molecule has 3 heterocycles. The highest BCUT2D eigenvalue weighted by Gasteiger charge is 2.39. The van der Waals surface area contributed by atoms with E-state index >= 15 is 0 Å². The summed E-state index contributed by atoms with van der Waals surface area (Å²) in [6.07, 6.45) is 2.58. The van der Waals surface area contributed by atoms with Gasteiger partial charge in [0.25, 0.3) is 0 Å². The van der Waals surface area contributed by atoms with Crippen molar-refractivity contribution in [2.75, 3.05) is 56.1 Å². The number of carbonyl (C=O) groups excluding carboxylic acids is 2. The van der Waals surface area contributed by atoms with Gasteiger partial charge in [0.05, 0.1) is 25.4 Å². The van der Waals surface area contributed by atoms with Crippen LogP contribution < -0.4 is 15.5 Å². The molecule has 2 aliphatic heterocycles. The minimum atomic E-state index is -0.621. The Kier molecular flexibility index (Phi) is 10.7. The summed E-state index contributed by atoms with van der Waals surface area (Å²) >= 11 is 0. The van der Waals surface area contributed by atoms with E-state index in [4.69, 9.17) is 14.2 Å². The third kappa shape index (κ3) is 8.08. The number of ether oxygens (including phenoxy) is 3. The number of aliphatic hydroxyl groups is 1. The summed E-state index contributed by atoms with van der Waals surface area (Å²) in [5.74, 6) is 0.315. The number of nitrogens with one attached hydrogen (secondary N) is 2. The summed E-state index contributed by atoms with van der Waals surface area (Å²) in [6.45, 7) is 8.03. The zero-order valence-electron chi connectivity index (χ0n) is 25.1. The number of piperazine rings is 1. The third-order valence-corrected chi connectivity index (χ3v) is 7.91. The second-order valence-electron chi connectivity index (χ2n) is 10.9. The van der Waals surface area contributed by atoms with Crippen LogP contribution in [-0.2, 0) is 25.6 Å².